The highest BCUT2D eigenvalue weighted by molar-refractivity contribution is 8.03. The zero-order valence-electron chi connectivity index (χ0n) is 22.3. The van der Waals surface area contributed by atoms with Crippen LogP contribution in [0.4, 0.5) is 4.39 Å². The van der Waals surface area contributed by atoms with Gasteiger partial charge in [0.2, 0.25) is 17.7 Å². The summed E-state index contributed by atoms with van der Waals surface area (Å²) < 4.78 is 15.7. The summed E-state index contributed by atoms with van der Waals surface area (Å²) in [4.78, 5) is 54.5. The van der Waals surface area contributed by atoms with E-state index in [1.54, 1.807) is 11.8 Å². The number of rotatable bonds is 9. The van der Waals surface area contributed by atoms with Gasteiger partial charge in [0.15, 0.2) is 0 Å². The van der Waals surface area contributed by atoms with Crippen LogP contribution in [-0.2, 0) is 25.7 Å². The Morgan fingerprint density at radius 2 is 2.08 bits per heavy atom. The third-order valence-corrected chi connectivity index (χ3v) is 9.95. The second-order valence-electron chi connectivity index (χ2n) is 11.0. The van der Waals surface area contributed by atoms with Gasteiger partial charge in [-0.1, -0.05) is 6.92 Å². The van der Waals surface area contributed by atoms with Gasteiger partial charge < -0.3 is 31.3 Å². The van der Waals surface area contributed by atoms with Gasteiger partial charge in [-0.15, -0.1) is 16.9 Å². The van der Waals surface area contributed by atoms with Crippen molar-refractivity contribution in [1.82, 2.24) is 40.6 Å². The number of β-lactam (4-membered cyclic amide) rings is 1. The molecule has 1 aromatic rings. The Morgan fingerprint density at radius 1 is 1.35 bits per heavy atom. The number of carbonyl (C=O) groups excluding carboxylic acids is 3. The molecule has 0 bridgehead atoms. The topological polar surface area (TPSA) is 189 Å². The number of thioether (sulfide) groups is 1. The molecule has 218 valence electrons. The van der Waals surface area contributed by atoms with E-state index in [0.29, 0.717) is 31.0 Å². The van der Waals surface area contributed by atoms with Gasteiger partial charge in [-0.2, -0.15) is 0 Å². The molecule has 5 rings (SSSR count). The lowest BCUT2D eigenvalue weighted by Gasteiger charge is -2.47. The molecule has 16 heteroatoms. The van der Waals surface area contributed by atoms with Crippen LogP contribution in [0.2, 0.25) is 0 Å². The number of nitrogens with two attached hydrogens (primary N) is 1. The highest BCUT2D eigenvalue weighted by Gasteiger charge is 2.60. The molecule has 40 heavy (non-hydrogen) atoms. The van der Waals surface area contributed by atoms with E-state index in [9.17, 15) is 28.7 Å². The predicted octanol–water partition coefficient (Wildman–Crippen LogP) is -1.30. The summed E-state index contributed by atoms with van der Waals surface area (Å²) in [5.41, 5.74) is 4.09. The fourth-order valence-electron chi connectivity index (χ4n) is 6.20. The Hall–Kier alpha value is -3.11. The minimum Gasteiger partial charge on any atom is -0.477 e. The maximum atomic E-state index is 14.5. The van der Waals surface area contributed by atoms with Crippen LogP contribution < -0.4 is 16.4 Å². The second kappa shape index (κ2) is 11.0. The van der Waals surface area contributed by atoms with Crippen molar-refractivity contribution in [3.63, 3.8) is 0 Å². The molecule has 5 N–H and O–H groups in total. The molecule has 3 saturated heterocycles. The normalized spacial score (nSPS) is 30.2. The molecule has 0 saturated carbocycles. The highest BCUT2D eigenvalue weighted by Crippen LogP contribution is 2.51. The quantitative estimate of drug-likeness (QED) is 0.255. The van der Waals surface area contributed by atoms with Gasteiger partial charge in [0.1, 0.15) is 24.2 Å². The molecule has 0 aromatic carbocycles. The van der Waals surface area contributed by atoms with Crippen LogP contribution in [0.15, 0.2) is 16.9 Å². The SMILES string of the molecule is CC(NC(=O)Cn1cnnn1)[C@H]1C(=O)N2C(C(=O)O)=C(S[C@@H]3CN[C@H](C(=O)N4CCC(F)(CN)CC4)C3)[C@H](C)[C@H]12. The van der Waals surface area contributed by atoms with Gasteiger partial charge in [0, 0.05) is 61.1 Å². The number of nitrogens with one attached hydrogen (secondary N) is 2. The molecule has 3 amide bonds. The van der Waals surface area contributed by atoms with Gasteiger partial charge >= 0.3 is 5.97 Å². The number of fused-ring (bicyclic) bond motifs is 1. The number of aromatic nitrogens is 4. The van der Waals surface area contributed by atoms with Crippen molar-refractivity contribution in [3.05, 3.63) is 16.9 Å². The number of carboxylic acids is 1. The van der Waals surface area contributed by atoms with Crippen molar-refractivity contribution in [2.75, 3.05) is 26.2 Å². The van der Waals surface area contributed by atoms with Gasteiger partial charge in [0.25, 0.3) is 0 Å². The number of carboxylic acid groups (broad SMARTS) is 1. The van der Waals surface area contributed by atoms with E-state index in [4.69, 9.17) is 5.73 Å². The maximum Gasteiger partial charge on any atom is 0.353 e. The molecule has 4 aliphatic rings. The summed E-state index contributed by atoms with van der Waals surface area (Å²) in [6, 6.07) is -1.36. The molecular weight excluding hydrogens is 545 g/mol. The van der Waals surface area contributed by atoms with Crippen LogP contribution in [0.1, 0.15) is 33.1 Å². The van der Waals surface area contributed by atoms with E-state index < -0.39 is 35.7 Å². The summed E-state index contributed by atoms with van der Waals surface area (Å²) in [5, 5.41) is 26.6. The first-order valence-corrected chi connectivity index (χ1v) is 14.3. The summed E-state index contributed by atoms with van der Waals surface area (Å²) in [6.07, 6.45) is 2.24. The number of hydrogen-bond acceptors (Lipinski definition) is 10. The van der Waals surface area contributed by atoms with Crippen molar-refractivity contribution in [2.24, 2.45) is 17.6 Å². The smallest absolute Gasteiger partial charge is 0.353 e. The van der Waals surface area contributed by atoms with Gasteiger partial charge in [-0.3, -0.25) is 14.4 Å². The fourth-order valence-corrected chi connectivity index (χ4v) is 7.68. The van der Waals surface area contributed by atoms with Crippen molar-refractivity contribution >= 4 is 35.5 Å². The largest absolute Gasteiger partial charge is 0.477 e. The molecule has 0 aliphatic carbocycles. The zero-order chi connectivity index (χ0) is 28.8. The molecule has 3 fully saturated rings. The number of halogens is 1. The number of alkyl halides is 1. The van der Waals surface area contributed by atoms with Crippen LogP contribution in [-0.4, -0.2) is 114 Å². The standard InChI is InChI=1S/C24H34FN9O5S/c1-12-18-17(13(2)29-16(35)9-33-11-28-30-31-33)22(37)34(18)19(23(38)39)20(12)40-14-7-15(27-8-14)21(36)32-5-3-24(25,10-26)4-6-32/h11-15,17-18,27H,3-10,26H2,1-2H3,(H,29,35)(H,38,39)/t12-,13?,14+,15+,17-,18-/m1/s1. The van der Waals surface area contributed by atoms with Crippen LogP contribution in [0.5, 0.6) is 0 Å². The summed E-state index contributed by atoms with van der Waals surface area (Å²) >= 11 is 1.39. The molecular formula is C24H34FN9O5S. The van der Waals surface area contributed by atoms with E-state index in [-0.39, 0.29) is 60.5 Å². The monoisotopic (exact) mass is 579 g/mol. The molecule has 6 atom stereocenters. The lowest BCUT2D eigenvalue weighted by Crippen LogP contribution is -2.66. The van der Waals surface area contributed by atoms with Crippen molar-refractivity contribution in [1.29, 1.82) is 0 Å². The number of tetrazole rings is 1. The van der Waals surface area contributed by atoms with Crippen molar-refractivity contribution in [3.8, 4) is 0 Å². The predicted molar refractivity (Wildman–Crippen MR) is 140 cm³/mol. The zero-order valence-corrected chi connectivity index (χ0v) is 23.1. The highest BCUT2D eigenvalue weighted by atomic mass is 32.2. The van der Waals surface area contributed by atoms with E-state index in [1.165, 1.54) is 27.7 Å². The minimum absolute atomic E-state index is 0.0251. The maximum absolute atomic E-state index is 14.5. The Bertz CT molecular complexity index is 1210. The Labute approximate surface area is 234 Å². The number of hydrogen-bond donors (Lipinski definition) is 4. The summed E-state index contributed by atoms with van der Waals surface area (Å²) in [7, 11) is 0. The first kappa shape index (κ1) is 28.4. The van der Waals surface area contributed by atoms with Crippen molar-refractivity contribution < 1.29 is 28.7 Å². The van der Waals surface area contributed by atoms with E-state index >= 15 is 0 Å². The number of amides is 3. The Kier molecular flexibility index (Phi) is 7.85. The molecule has 5 heterocycles. The Balaban J connectivity index is 1.21. The van der Waals surface area contributed by atoms with Gasteiger partial charge in [-0.25, -0.2) is 13.9 Å². The van der Waals surface area contributed by atoms with E-state index in [0.717, 1.165) is 0 Å². The van der Waals surface area contributed by atoms with Crippen LogP contribution in [0, 0.1) is 11.8 Å². The number of aliphatic carboxylic acids is 1. The van der Waals surface area contributed by atoms with Gasteiger partial charge in [-0.05, 0) is 23.8 Å². The number of nitrogens with zero attached hydrogens (tertiary/aromatic N) is 6. The number of likely N-dealkylation sites (tertiary alicyclic amines) is 1. The molecule has 1 unspecified atom stereocenters. The van der Waals surface area contributed by atoms with Crippen LogP contribution in [0.3, 0.4) is 0 Å². The fraction of sp³-hybridized carbons (Fsp3) is 0.708. The molecule has 0 spiro atoms. The summed E-state index contributed by atoms with van der Waals surface area (Å²) in [5.74, 6) is -2.81. The van der Waals surface area contributed by atoms with Crippen LogP contribution >= 0.6 is 11.8 Å². The van der Waals surface area contributed by atoms with Crippen LogP contribution in [0.25, 0.3) is 0 Å². The minimum atomic E-state index is -1.42. The number of piperidine rings is 1. The van der Waals surface area contributed by atoms with E-state index in [2.05, 4.69) is 26.2 Å². The summed E-state index contributed by atoms with van der Waals surface area (Å²) in [6.45, 7) is 4.60. The third kappa shape index (κ3) is 5.19. The lowest BCUT2D eigenvalue weighted by molar-refractivity contribution is -0.158. The average molecular weight is 580 g/mol. The molecule has 4 aliphatic heterocycles. The molecule has 0 radical (unpaired) electrons. The Morgan fingerprint density at radius 3 is 2.70 bits per heavy atom. The number of carbonyl (C=O) groups is 4. The van der Waals surface area contributed by atoms with E-state index in [1.807, 2.05) is 6.92 Å². The molecule has 1 aromatic heterocycles. The van der Waals surface area contributed by atoms with Gasteiger partial charge in [0.05, 0.1) is 18.0 Å². The molecule has 14 nitrogen and oxygen atoms in total. The first-order valence-electron chi connectivity index (χ1n) is 13.4. The average Bonchev–Trinajstić information content (AvgIpc) is 3.65. The van der Waals surface area contributed by atoms with Crippen molar-refractivity contribution in [2.45, 2.75) is 68.7 Å². The second-order valence-corrected chi connectivity index (χ2v) is 12.4. The first-order chi connectivity index (χ1) is 19.0. The lowest BCUT2D eigenvalue weighted by atomic mass is 9.78. The third-order valence-electron chi connectivity index (χ3n) is 8.44.